The van der Waals surface area contributed by atoms with Gasteiger partial charge in [0, 0.05) is 0 Å². The van der Waals surface area contributed by atoms with Crippen molar-refractivity contribution in [1.82, 2.24) is 10.0 Å². The van der Waals surface area contributed by atoms with E-state index in [4.69, 9.17) is 0 Å². The highest BCUT2D eigenvalue weighted by atomic mass is 32.2. The zero-order valence-electron chi connectivity index (χ0n) is 16.4. The summed E-state index contributed by atoms with van der Waals surface area (Å²) in [7, 11) is -3.93. The third-order valence-electron chi connectivity index (χ3n) is 4.35. The fourth-order valence-corrected chi connectivity index (χ4v) is 4.44. The molecule has 1 amide bonds. The lowest BCUT2D eigenvalue weighted by Crippen LogP contribution is -2.47. The fourth-order valence-electron chi connectivity index (χ4n) is 2.72. The van der Waals surface area contributed by atoms with Gasteiger partial charge in [0.1, 0.15) is 6.04 Å². The Hall–Kier alpha value is -2.04. The molecule has 10 heteroatoms. The molecule has 0 bridgehead atoms. The summed E-state index contributed by atoms with van der Waals surface area (Å²) in [6.07, 6.45) is -2.44. The van der Waals surface area contributed by atoms with Crippen LogP contribution in [0.25, 0.3) is 0 Å². The molecular weight excluding hydrogens is 437 g/mol. The van der Waals surface area contributed by atoms with Gasteiger partial charge in [0.2, 0.25) is 15.9 Å². The number of carbonyl (C=O) groups excluding carboxylic acids is 1. The molecule has 0 saturated heterocycles. The summed E-state index contributed by atoms with van der Waals surface area (Å²) >= 11 is 1.45. The van der Waals surface area contributed by atoms with Crippen molar-refractivity contribution >= 4 is 27.7 Å². The monoisotopic (exact) mass is 460 g/mol. The Bertz CT molecular complexity index is 951. The molecule has 2 rings (SSSR count). The molecule has 0 spiro atoms. The Kier molecular flexibility index (Phi) is 8.34. The molecule has 5 nitrogen and oxygen atoms in total. The number of nitrogens with one attached hydrogen (secondary N) is 2. The van der Waals surface area contributed by atoms with E-state index in [1.807, 2.05) is 6.26 Å². The number of hydrogen-bond acceptors (Lipinski definition) is 4. The van der Waals surface area contributed by atoms with Crippen LogP contribution in [0.1, 0.15) is 30.5 Å². The maximum absolute atomic E-state index is 12.9. The maximum atomic E-state index is 12.9. The second kappa shape index (κ2) is 10.3. The molecule has 2 N–H and O–H groups in total. The van der Waals surface area contributed by atoms with E-state index >= 15 is 0 Å². The zero-order chi connectivity index (χ0) is 22.4. The van der Waals surface area contributed by atoms with E-state index in [-0.39, 0.29) is 16.9 Å². The van der Waals surface area contributed by atoms with Crippen LogP contribution in [0.2, 0.25) is 0 Å². The molecule has 0 saturated carbocycles. The highest BCUT2D eigenvalue weighted by molar-refractivity contribution is 7.98. The van der Waals surface area contributed by atoms with E-state index in [2.05, 4.69) is 10.0 Å². The zero-order valence-corrected chi connectivity index (χ0v) is 18.1. The molecule has 0 heterocycles. The lowest BCUT2D eigenvalue weighted by molar-refractivity contribution is -0.137. The number of amides is 1. The van der Waals surface area contributed by atoms with Gasteiger partial charge in [-0.2, -0.15) is 29.7 Å². The first kappa shape index (κ1) is 24.2. The highest BCUT2D eigenvalue weighted by Gasteiger charge is 2.31. The van der Waals surface area contributed by atoms with Crippen molar-refractivity contribution in [2.75, 3.05) is 12.0 Å². The lowest BCUT2D eigenvalue weighted by Gasteiger charge is -2.22. The maximum Gasteiger partial charge on any atom is 0.416 e. The Morgan fingerprint density at radius 3 is 2.37 bits per heavy atom. The lowest BCUT2D eigenvalue weighted by atomic mass is 10.0. The fraction of sp³-hybridized carbons (Fsp3) is 0.350. The summed E-state index contributed by atoms with van der Waals surface area (Å²) in [4.78, 5) is 12.8. The number of alkyl halides is 3. The number of halogens is 3. The molecule has 2 aromatic carbocycles. The number of thioether (sulfide) groups is 1. The van der Waals surface area contributed by atoms with E-state index in [0.29, 0.717) is 5.75 Å². The quantitative estimate of drug-likeness (QED) is 0.594. The normalized spacial score (nSPS) is 14.2. The van der Waals surface area contributed by atoms with E-state index in [9.17, 15) is 26.4 Å². The molecule has 0 aromatic heterocycles. The van der Waals surface area contributed by atoms with Gasteiger partial charge in [-0.25, -0.2) is 8.42 Å². The molecule has 0 radical (unpaired) electrons. The molecule has 2 aromatic rings. The first-order chi connectivity index (χ1) is 14.0. The predicted octanol–water partition coefficient (Wildman–Crippen LogP) is 3.98. The average Bonchev–Trinajstić information content (AvgIpc) is 2.71. The molecule has 0 fully saturated rings. The van der Waals surface area contributed by atoms with Gasteiger partial charge in [-0.3, -0.25) is 4.79 Å². The molecule has 30 heavy (non-hydrogen) atoms. The number of hydrogen-bond donors (Lipinski definition) is 2. The molecule has 164 valence electrons. The van der Waals surface area contributed by atoms with Crippen LogP contribution in [0.4, 0.5) is 13.2 Å². The molecular formula is C20H23F3N2O3S2. The minimum atomic E-state index is -4.49. The average molecular weight is 461 g/mol. The second-order valence-electron chi connectivity index (χ2n) is 6.62. The first-order valence-corrected chi connectivity index (χ1v) is 12.0. The number of benzene rings is 2. The van der Waals surface area contributed by atoms with Gasteiger partial charge in [0.15, 0.2) is 0 Å². The topological polar surface area (TPSA) is 75.3 Å². The summed E-state index contributed by atoms with van der Waals surface area (Å²) in [6.45, 7) is 1.55. The third kappa shape index (κ3) is 6.75. The Balaban J connectivity index is 2.17. The summed E-state index contributed by atoms with van der Waals surface area (Å²) in [5.74, 6) is -0.0821. The molecule has 0 aliphatic rings. The van der Waals surface area contributed by atoms with Crippen molar-refractivity contribution in [3.63, 3.8) is 0 Å². The van der Waals surface area contributed by atoms with Crippen LogP contribution in [0, 0.1) is 0 Å². The van der Waals surface area contributed by atoms with Crippen LogP contribution in [0.15, 0.2) is 59.5 Å². The SMILES string of the molecule is CSCCC(NS(=O)(=O)c1ccccc1)C(=O)NC(C)c1cccc(C(F)(F)F)c1. The standard InChI is InChI=1S/C20H23F3N2O3S2/c1-14(15-7-6-8-16(13-15)20(21,22)23)24-19(26)18(11-12-29-2)25-30(27,28)17-9-4-3-5-10-17/h3-10,13-14,18,25H,11-12H2,1-2H3,(H,24,26). The van der Waals surface area contributed by atoms with Gasteiger partial charge in [-0.1, -0.05) is 30.3 Å². The predicted molar refractivity (Wildman–Crippen MR) is 112 cm³/mol. The van der Waals surface area contributed by atoms with Crippen LogP contribution in [-0.2, 0) is 21.0 Å². The van der Waals surface area contributed by atoms with E-state index in [0.717, 1.165) is 12.1 Å². The molecule has 0 aliphatic carbocycles. The third-order valence-corrected chi connectivity index (χ3v) is 6.48. The Labute approximate surface area is 178 Å². The molecule has 0 aliphatic heterocycles. The van der Waals surface area contributed by atoms with Gasteiger partial charge in [0.05, 0.1) is 16.5 Å². The van der Waals surface area contributed by atoms with E-state index in [1.165, 1.54) is 36.0 Å². The van der Waals surface area contributed by atoms with Crippen molar-refractivity contribution in [2.45, 2.75) is 36.5 Å². The van der Waals surface area contributed by atoms with Crippen molar-refractivity contribution in [3.8, 4) is 0 Å². The first-order valence-electron chi connectivity index (χ1n) is 9.08. The largest absolute Gasteiger partial charge is 0.416 e. The van der Waals surface area contributed by atoms with Crippen LogP contribution >= 0.6 is 11.8 Å². The number of carbonyl (C=O) groups is 1. The summed E-state index contributed by atoms with van der Waals surface area (Å²) in [5.41, 5.74) is -0.544. The van der Waals surface area contributed by atoms with Crippen LogP contribution in [0.5, 0.6) is 0 Å². The number of sulfonamides is 1. The van der Waals surface area contributed by atoms with Crippen molar-refractivity contribution in [1.29, 1.82) is 0 Å². The van der Waals surface area contributed by atoms with Crippen LogP contribution < -0.4 is 10.0 Å². The highest BCUT2D eigenvalue weighted by Crippen LogP contribution is 2.30. The Morgan fingerprint density at radius 1 is 1.10 bits per heavy atom. The molecule has 2 unspecified atom stereocenters. The van der Waals surface area contributed by atoms with Crippen LogP contribution in [-0.4, -0.2) is 32.4 Å². The molecule has 2 atom stereocenters. The summed E-state index contributed by atoms with van der Waals surface area (Å²) in [5, 5.41) is 2.62. The van der Waals surface area contributed by atoms with Gasteiger partial charge in [-0.15, -0.1) is 0 Å². The van der Waals surface area contributed by atoms with Crippen molar-refractivity contribution in [3.05, 3.63) is 65.7 Å². The van der Waals surface area contributed by atoms with Gasteiger partial charge < -0.3 is 5.32 Å². The van der Waals surface area contributed by atoms with Gasteiger partial charge in [-0.05, 0) is 55.2 Å². The smallest absolute Gasteiger partial charge is 0.348 e. The Morgan fingerprint density at radius 2 is 1.77 bits per heavy atom. The van der Waals surface area contributed by atoms with Crippen LogP contribution in [0.3, 0.4) is 0 Å². The minimum Gasteiger partial charge on any atom is -0.348 e. The van der Waals surface area contributed by atoms with Crippen molar-refractivity contribution < 1.29 is 26.4 Å². The van der Waals surface area contributed by atoms with E-state index < -0.39 is 39.8 Å². The minimum absolute atomic E-state index is 0.0258. The van der Waals surface area contributed by atoms with E-state index in [1.54, 1.807) is 25.1 Å². The second-order valence-corrected chi connectivity index (χ2v) is 9.32. The number of rotatable bonds is 9. The summed E-state index contributed by atoms with van der Waals surface area (Å²) < 4.78 is 66.4. The summed E-state index contributed by atoms with van der Waals surface area (Å²) in [6, 6.07) is 10.5. The van der Waals surface area contributed by atoms with Crippen molar-refractivity contribution in [2.24, 2.45) is 0 Å². The van der Waals surface area contributed by atoms with Gasteiger partial charge in [0.25, 0.3) is 0 Å². The van der Waals surface area contributed by atoms with Gasteiger partial charge >= 0.3 is 6.18 Å².